The van der Waals surface area contributed by atoms with Crippen molar-refractivity contribution in [2.45, 2.75) is 32.1 Å². The van der Waals surface area contributed by atoms with Crippen LogP contribution < -0.4 is 0 Å². The van der Waals surface area contributed by atoms with Crippen molar-refractivity contribution in [3.05, 3.63) is 11.6 Å². The number of hydrogen-bond donors (Lipinski definition) is 0. The normalized spacial score (nSPS) is 23.8. The van der Waals surface area contributed by atoms with Crippen molar-refractivity contribution < 1.29 is 9.18 Å². The van der Waals surface area contributed by atoms with Crippen LogP contribution in [-0.4, -0.2) is 13.0 Å². The summed E-state index contributed by atoms with van der Waals surface area (Å²) in [4.78, 5) is 10.4. The van der Waals surface area contributed by atoms with E-state index in [-0.39, 0.29) is 12.6 Å². The second-order valence-electron chi connectivity index (χ2n) is 3.31. The number of halogens is 1. The van der Waals surface area contributed by atoms with Crippen LogP contribution >= 0.6 is 0 Å². The van der Waals surface area contributed by atoms with Crippen molar-refractivity contribution in [2.75, 3.05) is 6.67 Å². The molecule has 0 aromatic rings. The van der Waals surface area contributed by atoms with Gasteiger partial charge in [0, 0.05) is 5.92 Å². The largest absolute Gasteiger partial charge is 0.303 e. The van der Waals surface area contributed by atoms with Gasteiger partial charge in [0.05, 0.1) is 6.67 Å². The Bertz CT molecular complexity index is 165. The maximum atomic E-state index is 11.8. The van der Waals surface area contributed by atoms with Crippen LogP contribution in [0.5, 0.6) is 0 Å². The molecule has 0 aliphatic heterocycles. The average molecular weight is 170 g/mol. The van der Waals surface area contributed by atoms with Crippen LogP contribution in [0.2, 0.25) is 0 Å². The van der Waals surface area contributed by atoms with E-state index in [9.17, 15) is 9.18 Å². The first-order valence-corrected chi connectivity index (χ1v) is 4.56. The molecule has 0 heterocycles. The fourth-order valence-corrected chi connectivity index (χ4v) is 1.61. The number of aldehydes is 1. The zero-order chi connectivity index (χ0) is 8.81. The average Bonchev–Trinajstić information content (AvgIpc) is 2.15. The molecule has 1 aliphatic rings. The third-order valence-corrected chi connectivity index (χ3v) is 2.41. The predicted octanol–water partition coefficient (Wildman–Crippen LogP) is 2.66. The molecule has 0 bridgehead atoms. The molecular formula is C10H15FO. The summed E-state index contributed by atoms with van der Waals surface area (Å²) in [5, 5.41) is 0. The molecule has 0 N–H and O–H groups in total. The number of hydrogen-bond acceptors (Lipinski definition) is 1. The number of carbonyl (C=O) groups is 1. The van der Waals surface area contributed by atoms with Gasteiger partial charge < -0.3 is 4.79 Å². The number of allylic oxidation sites excluding steroid dienone is 2. The van der Waals surface area contributed by atoms with Gasteiger partial charge in [0.2, 0.25) is 0 Å². The molecule has 0 radical (unpaired) electrons. The smallest absolute Gasteiger partial charge is 0.123 e. The van der Waals surface area contributed by atoms with Gasteiger partial charge in [0.25, 0.3) is 0 Å². The maximum absolute atomic E-state index is 11.8. The summed E-state index contributed by atoms with van der Waals surface area (Å²) >= 11 is 0. The third kappa shape index (κ3) is 2.76. The molecule has 1 aliphatic carbocycles. The monoisotopic (exact) mass is 170 g/mol. The summed E-state index contributed by atoms with van der Waals surface area (Å²) in [6.45, 7) is -0.263. The van der Waals surface area contributed by atoms with E-state index in [0.29, 0.717) is 6.42 Å². The van der Waals surface area contributed by atoms with Gasteiger partial charge in [-0.3, -0.25) is 4.39 Å². The molecule has 0 aromatic heterocycles. The van der Waals surface area contributed by atoms with Gasteiger partial charge in [-0.15, -0.1) is 0 Å². The molecular weight excluding hydrogens is 155 g/mol. The molecule has 0 spiro atoms. The van der Waals surface area contributed by atoms with Crippen molar-refractivity contribution in [3.63, 3.8) is 0 Å². The lowest BCUT2D eigenvalue weighted by Crippen LogP contribution is -2.08. The minimum absolute atomic E-state index is 0.257. The Morgan fingerprint density at radius 2 is 2.08 bits per heavy atom. The highest BCUT2D eigenvalue weighted by atomic mass is 19.1. The lowest BCUT2D eigenvalue weighted by atomic mass is 9.86. The van der Waals surface area contributed by atoms with Crippen molar-refractivity contribution in [1.29, 1.82) is 0 Å². The Balaban J connectivity index is 2.30. The van der Waals surface area contributed by atoms with E-state index in [1.54, 1.807) is 0 Å². The van der Waals surface area contributed by atoms with Gasteiger partial charge in [-0.25, -0.2) is 0 Å². The minimum Gasteiger partial charge on any atom is -0.303 e. The summed E-state index contributed by atoms with van der Waals surface area (Å²) < 4.78 is 11.8. The Hall–Kier alpha value is -0.660. The summed E-state index contributed by atoms with van der Waals surface area (Å²) in [5.41, 5.74) is 1.34. The van der Waals surface area contributed by atoms with E-state index in [0.717, 1.165) is 32.0 Å². The van der Waals surface area contributed by atoms with Gasteiger partial charge in [-0.2, -0.15) is 0 Å². The maximum Gasteiger partial charge on any atom is 0.123 e. The standard InChI is InChI=1S/C10H15FO/c11-7-1-2-9-3-5-10(8-12)6-4-9/h2,8,10H,1,3-7H2. The fourth-order valence-electron chi connectivity index (χ4n) is 1.61. The van der Waals surface area contributed by atoms with Crippen LogP contribution in [0.25, 0.3) is 0 Å². The van der Waals surface area contributed by atoms with Crippen molar-refractivity contribution in [3.8, 4) is 0 Å². The van der Waals surface area contributed by atoms with Crippen molar-refractivity contribution in [2.24, 2.45) is 5.92 Å². The molecule has 0 saturated heterocycles. The number of carbonyl (C=O) groups excluding carboxylic acids is 1. The van der Waals surface area contributed by atoms with E-state index in [2.05, 4.69) is 0 Å². The second kappa shape index (κ2) is 5.07. The van der Waals surface area contributed by atoms with Gasteiger partial charge in [-0.05, 0) is 32.1 Å². The van der Waals surface area contributed by atoms with Crippen LogP contribution in [-0.2, 0) is 4.79 Å². The SMILES string of the molecule is O=CC1CCC(=CCCF)CC1. The molecule has 0 aromatic carbocycles. The summed E-state index contributed by atoms with van der Waals surface area (Å²) in [7, 11) is 0. The highest BCUT2D eigenvalue weighted by Gasteiger charge is 2.14. The molecule has 0 amide bonds. The third-order valence-electron chi connectivity index (χ3n) is 2.41. The molecule has 0 atom stereocenters. The molecule has 1 nitrogen and oxygen atoms in total. The first kappa shape index (κ1) is 9.43. The Kier molecular flexibility index (Phi) is 3.98. The Morgan fingerprint density at radius 3 is 2.58 bits per heavy atom. The fraction of sp³-hybridized carbons (Fsp3) is 0.700. The van der Waals surface area contributed by atoms with E-state index in [4.69, 9.17) is 0 Å². The molecule has 2 heteroatoms. The Morgan fingerprint density at radius 1 is 1.42 bits per heavy atom. The second-order valence-corrected chi connectivity index (χ2v) is 3.31. The first-order valence-electron chi connectivity index (χ1n) is 4.56. The van der Waals surface area contributed by atoms with Crippen LogP contribution in [0, 0.1) is 5.92 Å². The zero-order valence-electron chi connectivity index (χ0n) is 7.26. The van der Waals surface area contributed by atoms with E-state index in [1.807, 2.05) is 6.08 Å². The van der Waals surface area contributed by atoms with Crippen LogP contribution in [0.1, 0.15) is 32.1 Å². The summed E-state index contributed by atoms with van der Waals surface area (Å²) in [6, 6.07) is 0. The quantitative estimate of drug-likeness (QED) is 0.470. The van der Waals surface area contributed by atoms with Crippen LogP contribution in [0.15, 0.2) is 11.6 Å². The lowest BCUT2D eigenvalue weighted by Gasteiger charge is -2.18. The number of alkyl halides is 1. The highest BCUT2D eigenvalue weighted by molar-refractivity contribution is 5.53. The van der Waals surface area contributed by atoms with E-state index >= 15 is 0 Å². The predicted molar refractivity (Wildman–Crippen MR) is 46.7 cm³/mol. The van der Waals surface area contributed by atoms with Crippen molar-refractivity contribution in [1.82, 2.24) is 0 Å². The lowest BCUT2D eigenvalue weighted by molar-refractivity contribution is -0.111. The highest BCUT2D eigenvalue weighted by Crippen LogP contribution is 2.26. The van der Waals surface area contributed by atoms with Gasteiger partial charge >= 0.3 is 0 Å². The van der Waals surface area contributed by atoms with Gasteiger partial charge in [0.1, 0.15) is 6.29 Å². The van der Waals surface area contributed by atoms with E-state index in [1.165, 1.54) is 5.57 Å². The first-order chi connectivity index (χ1) is 5.86. The Labute approximate surface area is 72.7 Å². The van der Waals surface area contributed by atoms with Gasteiger partial charge in [0.15, 0.2) is 0 Å². The van der Waals surface area contributed by atoms with E-state index < -0.39 is 0 Å². The molecule has 68 valence electrons. The molecule has 1 fully saturated rings. The zero-order valence-corrected chi connectivity index (χ0v) is 7.26. The van der Waals surface area contributed by atoms with Crippen LogP contribution in [0.4, 0.5) is 4.39 Å². The summed E-state index contributed by atoms with van der Waals surface area (Å²) in [5.74, 6) is 0.257. The topological polar surface area (TPSA) is 17.1 Å². The molecule has 1 rings (SSSR count). The van der Waals surface area contributed by atoms with Gasteiger partial charge in [-0.1, -0.05) is 11.6 Å². The van der Waals surface area contributed by atoms with Crippen molar-refractivity contribution >= 4 is 6.29 Å². The molecule has 0 unspecified atom stereocenters. The molecule has 1 saturated carbocycles. The molecule has 12 heavy (non-hydrogen) atoms. The summed E-state index contributed by atoms with van der Waals surface area (Å²) in [6.07, 6.45) is 7.48. The van der Waals surface area contributed by atoms with Crippen LogP contribution in [0.3, 0.4) is 0 Å². The number of rotatable bonds is 3. The minimum atomic E-state index is -0.263.